The Hall–Kier alpha value is -1.51. The molecule has 0 fully saturated rings. The number of nitrogen functional groups attached to an aromatic ring is 1. The lowest BCUT2D eigenvalue weighted by atomic mass is 10.1. The molecule has 1 rings (SSSR count). The summed E-state index contributed by atoms with van der Waals surface area (Å²) in [5.74, 6) is 0.0738. The second kappa shape index (κ2) is 5.39. The maximum atomic E-state index is 11.5. The van der Waals surface area contributed by atoms with E-state index in [0.29, 0.717) is 6.42 Å². The molecule has 0 aromatic heterocycles. The summed E-state index contributed by atoms with van der Waals surface area (Å²) in [6.45, 7) is 4.01. The number of amides is 1. The van der Waals surface area contributed by atoms with Gasteiger partial charge < -0.3 is 11.1 Å². The molecule has 3 heteroatoms. The predicted molar refractivity (Wildman–Crippen MR) is 63.7 cm³/mol. The van der Waals surface area contributed by atoms with Crippen LogP contribution in [0.5, 0.6) is 0 Å². The van der Waals surface area contributed by atoms with Crippen molar-refractivity contribution in [3.05, 3.63) is 23.8 Å². The Kier molecular flexibility index (Phi) is 4.16. The van der Waals surface area contributed by atoms with Crippen molar-refractivity contribution in [2.45, 2.75) is 33.1 Å². The van der Waals surface area contributed by atoms with Crippen LogP contribution in [-0.4, -0.2) is 5.91 Å². The van der Waals surface area contributed by atoms with E-state index in [-0.39, 0.29) is 5.91 Å². The standard InChI is InChI=1S/C12H18N2O/c1-3-4-5-12(15)14-11-7-6-10(13)8-9(11)2/h6-8H,3-5,13H2,1-2H3,(H,14,15). The number of nitrogens with two attached hydrogens (primary N) is 1. The third-order valence-electron chi connectivity index (χ3n) is 2.28. The number of aryl methyl sites for hydroxylation is 1. The van der Waals surface area contributed by atoms with Crippen molar-refractivity contribution in [1.29, 1.82) is 0 Å². The van der Waals surface area contributed by atoms with Gasteiger partial charge in [0.25, 0.3) is 0 Å². The number of rotatable bonds is 4. The first-order chi connectivity index (χ1) is 7.13. The Morgan fingerprint density at radius 3 is 2.80 bits per heavy atom. The molecule has 1 aromatic rings. The summed E-state index contributed by atoms with van der Waals surface area (Å²) in [6.07, 6.45) is 2.55. The van der Waals surface area contributed by atoms with E-state index in [0.717, 1.165) is 29.8 Å². The van der Waals surface area contributed by atoms with Crippen LogP contribution in [0, 0.1) is 6.92 Å². The van der Waals surface area contributed by atoms with E-state index in [9.17, 15) is 4.79 Å². The van der Waals surface area contributed by atoms with Crippen LogP contribution >= 0.6 is 0 Å². The van der Waals surface area contributed by atoms with E-state index in [1.54, 1.807) is 6.07 Å². The zero-order valence-corrected chi connectivity index (χ0v) is 9.34. The number of hydrogen-bond acceptors (Lipinski definition) is 2. The van der Waals surface area contributed by atoms with Gasteiger partial charge in [0.15, 0.2) is 0 Å². The molecule has 0 unspecified atom stereocenters. The minimum Gasteiger partial charge on any atom is -0.399 e. The minimum absolute atomic E-state index is 0.0738. The summed E-state index contributed by atoms with van der Waals surface area (Å²) in [7, 11) is 0. The molecule has 0 atom stereocenters. The zero-order valence-electron chi connectivity index (χ0n) is 9.34. The van der Waals surface area contributed by atoms with E-state index in [2.05, 4.69) is 12.2 Å². The summed E-state index contributed by atoms with van der Waals surface area (Å²) < 4.78 is 0. The second-order valence-electron chi connectivity index (χ2n) is 3.73. The lowest BCUT2D eigenvalue weighted by Crippen LogP contribution is -2.11. The van der Waals surface area contributed by atoms with Crippen LogP contribution in [0.3, 0.4) is 0 Å². The van der Waals surface area contributed by atoms with Gasteiger partial charge in [-0.2, -0.15) is 0 Å². The van der Waals surface area contributed by atoms with Crippen LogP contribution in [0.4, 0.5) is 11.4 Å². The molecule has 0 aliphatic heterocycles. The molecule has 0 saturated heterocycles. The molecular weight excluding hydrogens is 188 g/mol. The average molecular weight is 206 g/mol. The Bertz CT molecular complexity index is 347. The van der Waals surface area contributed by atoms with Gasteiger partial charge >= 0.3 is 0 Å². The van der Waals surface area contributed by atoms with Gasteiger partial charge in [0.05, 0.1) is 0 Å². The molecule has 15 heavy (non-hydrogen) atoms. The first-order valence-electron chi connectivity index (χ1n) is 5.29. The molecule has 0 radical (unpaired) electrons. The lowest BCUT2D eigenvalue weighted by Gasteiger charge is -2.08. The molecule has 82 valence electrons. The lowest BCUT2D eigenvalue weighted by molar-refractivity contribution is -0.116. The molecule has 0 aliphatic carbocycles. The predicted octanol–water partition coefficient (Wildman–Crippen LogP) is 2.71. The van der Waals surface area contributed by atoms with Gasteiger partial charge in [0.2, 0.25) is 5.91 Å². The molecule has 0 spiro atoms. The molecule has 0 saturated carbocycles. The van der Waals surface area contributed by atoms with Crippen LogP contribution < -0.4 is 11.1 Å². The SMILES string of the molecule is CCCCC(=O)Nc1ccc(N)cc1C. The number of unbranched alkanes of at least 4 members (excludes halogenated alkanes) is 1. The topological polar surface area (TPSA) is 55.1 Å². The third kappa shape index (κ3) is 3.62. The first-order valence-corrected chi connectivity index (χ1v) is 5.29. The first kappa shape index (κ1) is 11.6. The minimum atomic E-state index is 0.0738. The van der Waals surface area contributed by atoms with Gasteiger partial charge in [-0.3, -0.25) is 4.79 Å². The molecule has 1 aromatic carbocycles. The van der Waals surface area contributed by atoms with Gasteiger partial charge in [-0.15, -0.1) is 0 Å². The molecule has 3 N–H and O–H groups in total. The quantitative estimate of drug-likeness (QED) is 0.744. The average Bonchev–Trinajstić information content (AvgIpc) is 2.19. The summed E-state index contributed by atoms with van der Waals surface area (Å²) in [6, 6.07) is 5.49. The van der Waals surface area contributed by atoms with Crippen molar-refractivity contribution in [2.24, 2.45) is 0 Å². The molecular formula is C12H18N2O. The highest BCUT2D eigenvalue weighted by molar-refractivity contribution is 5.91. The smallest absolute Gasteiger partial charge is 0.224 e. The van der Waals surface area contributed by atoms with Crippen molar-refractivity contribution in [3.63, 3.8) is 0 Å². The van der Waals surface area contributed by atoms with E-state index < -0.39 is 0 Å². The number of carbonyl (C=O) groups is 1. The second-order valence-corrected chi connectivity index (χ2v) is 3.73. The van der Waals surface area contributed by atoms with Crippen molar-refractivity contribution < 1.29 is 4.79 Å². The largest absolute Gasteiger partial charge is 0.399 e. The fourth-order valence-corrected chi connectivity index (χ4v) is 1.38. The van der Waals surface area contributed by atoms with Gasteiger partial charge in [0, 0.05) is 17.8 Å². The van der Waals surface area contributed by atoms with E-state index in [1.165, 1.54) is 0 Å². The van der Waals surface area contributed by atoms with Crippen LogP contribution in [-0.2, 0) is 4.79 Å². The summed E-state index contributed by atoms with van der Waals surface area (Å²) in [4.78, 5) is 11.5. The number of nitrogens with one attached hydrogen (secondary N) is 1. The normalized spacial score (nSPS) is 10.0. The van der Waals surface area contributed by atoms with Crippen LogP contribution in [0.2, 0.25) is 0 Å². The third-order valence-corrected chi connectivity index (χ3v) is 2.28. The highest BCUT2D eigenvalue weighted by atomic mass is 16.1. The van der Waals surface area contributed by atoms with E-state index in [1.807, 2.05) is 19.1 Å². The van der Waals surface area contributed by atoms with Crippen molar-refractivity contribution >= 4 is 17.3 Å². The van der Waals surface area contributed by atoms with E-state index >= 15 is 0 Å². The fraction of sp³-hybridized carbons (Fsp3) is 0.417. The zero-order chi connectivity index (χ0) is 11.3. The van der Waals surface area contributed by atoms with Crippen LogP contribution in [0.25, 0.3) is 0 Å². The van der Waals surface area contributed by atoms with E-state index in [4.69, 9.17) is 5.73 Å². The maximum Gasteiger partial charge on any atom is 0.224 e. The summed E-state index contributed by atoms with van der Waals surface area (Å²) in [5, 5.41) is 2.88. The Balaban J connectivity index is 2.60. The molecule has 0 bridgehead atoms. The van der Waals surface area contributed by atoms with Gasteiger partial charge in [0.1, 0.15) is 0 Å². The molecule has 3 nitrogen and oxygen atoms in total. The monoisotopic (exact) mass is 206 g/mol. The molecule has 0 heterocycles. The van der Waals surface area contributed by atoms with Gasteiger partial charge in [-0.25, -0.2) is 0 Å². The van der Waals surface area contributed by atoms with Crippen molar-refractivity contribution in [2.75, 3.05) is 11.1 Å². The van der Waals surface area contributed by atoms with Crippen molar-refractivity contribution in [3.8, 4) is 0 Å². The number of anilines is 2. The van der Waals surface area contributed by atoms with Crippen molar-refractivity contribution in [1.82, 2.24) is 0 Å². The highest BCUT2D eigenvalue weighted by Crippen LogP contribution is 2.17. The van der Waals surface area contributed by atoms with Gasteiger partial charge in [-0.05, 0) is 37.1 Å². The number of hydrogen-bond donors (Lipinski definition) is 2. The summed E-state index contributed by atoms with van der Waals surface area (Å²) in [5.41, 5.74) is 8.20. The summed E-state index contributed by atoms with van der Waals surface area (Å²) >= 11 is 0. The Morgan fingerprint density at radius 1 is 1.47 bits per heavy atom. The maximum absolute atomic E-state index is 11.5. The Labute approximate surface area is 90.7 Å². The number of carbonyl (C=O) groups excluding carboxylic acids is 1. The number of benzene rings is 1. The van der Waals surface area contributed by atoms with Crippen LogP contribution in [0.1, 0.15) is 31.7 Å². The highest BCUT2D eigenvalue weighted by Gasteiger charge is 2.03. The fourth-order valence-electron chi connectivity index (χ4n) is 1.38. The van der Waals surface area contributed by atoms with Gasteiger partial charge in [-0.1, -0.05) is 13.3 Å². The van der Waals surface area contributed by atoms with Crippen LogP contribution in [0.15, 0.2) is 18.2 Å². The Morgan fingerprint density at radius 2 is 2.20 bits per heavy atom. The molecule has 0 aliphatic rings. The molecule has 1 amide bonds.